The molecule has 2 aromatic rings. The number of ether oxygens (including phenoxy) is 1. The van der Waals surface area contributed by atoms with Crippen molar-refractivity contribution in [2.45, 2.75) is 13.8 Å². The third-order valence-electron chi connectivity index (χ3n) is 3.18. The normalized spacial score (nSPS) is 10.9. The van der Waals surface area contributed by atoms with Gasteiger partial charge in [0.05, 0.1) is 11.6 Å². The summed E-state index contributed by atoms with van der Waals surface area (Å²) in [7, 11) is 1.67. The van der Waals surface area contributed by atoms with Gasteiger partial charge in [-0.2, -0.15) is 0 Å². The van der Waals surface area contributed by atoms with E-state index < -0.39 is 0 Å². The van der Waals surface area contributed by atoms with E-state index in [2.05, 4.69) is 66.2 Å². The van der Waals surface area contributed by atoms with E-state index in [0.29, 0.717) is 0 Å². The Morgan fingerprint density at radius 3 is 2.11 bits per heavy atom. The lowest BCUT2D eigenvalue weighted by Gasteiger charge is -2.04. The molecule has 98 valence electrons. The zero-order valence-corrected chi connectivity index (χ0v) is 13.0. The van der Waals surface area contributed by atoms with E-state index in [0.717, 1.165) is 15.8 Å². The van der Waals surface area contributed by atoms with E-state index in [1.165, 1.54) is 16.7 Å². The van der Waals surface area contributed by atoms with Crippen molar-refractivity contribution in [2.75, 3.05) is 7.11 Å². The SMILES string of the molecule is COc1ccc(/C=C\c2ccc(C)c(C)c2)cc1Br. The van der Waals surface area contributed by atoms with Crippen molar-refractivity contribution in [1.82, 2.24) is 0 Å². The first-order valence-corrected chi connectivity index (χ1v) is 6.98. The minimum Gasteiger partial charge on any atom is -0.496 e. The van der Waals surface area contributed by atoms with Gasteiger partial charge in [-0.3, -0.25) is 0 Å². The number of rotatable bonds is 3. The molecule has 19 heavy (non-hydrogen) atoms. The van der Waals surface area contributed by atoms with Crippen molar-refractivity contribution in [3.63, 3.8) is 0 Å². The van der Waals surface area contributed by atoms with Crippen LogP contribution >= 0.6 is 15.9 Å². The number of hydrogen-bond acceptors (Lipinski definition) is 1. The Bertz CT molecular complexity index is 615. The van der Waals surface area contributed by atoms with Gasteiger partial charge in [0.25, 0.3) is 0 Å². The van der Waals surface area contributed by atoms with E-state index in [9.17, 15) is 0 Å². The molecular weight excluding hydrogens is 300 g/mol. The molecule has 0 aliphatic rings. The first kappa shape index (κ1) is 13.9. The van der Waals surface area contributed by atoms with Crippen LogP contribution in [0.2, 0.25) is 0 Å². The van der Waals surface area contributed by atoms with E-state index in [1.54, 1.807) is 7.11 Å². The van der Waals surface area contributed by atoms with E-state index >= 15 is 0 Å². The summed E-state index contributed by atoms with van der Waals surface area (Å²) in [5.41, 5.74) is 5.00. The summed E-state index contributed by atoms with van der Waals surface area (Å²) in [6.45, 7) is 4.26. The van der Waals surface area contributed by atoms with Crippen LogP contribution in [0.25, 0.3) is 12.2 Å². The molecule has 0 heterocycles. The highest BCUT2D eigenvalue weighted by Crippen LogP contribution is 2.26. The molecule has 0 bridgehead atoms. The second-order valence-electron chi connectivity index (χ2n) is 4.57. The molecule has 0 aromatic heterocycles. The second-order valence-corrected chi connectivity index (χ2v) is 5.43. The number of halogens is 1. The third-order valence-corrected chi connectivity index (χ3v) is 3.79. The highest BCUT2D eigenvalue weighted by molar-refractivity contribution is 9.10. The quantitative estimate of drug-likeness (QED) is 0.703. The van der Waals surface area contributed by atoms with Crippen LogP contribution in [0, 0.1) is 13.8 Å². The van der Waals surface area contributed by atoms with E-state index in [1.807, 2.05) is 12.1 Å². The average Bonchev–Trinajstić information content (AvgIpc) is 2.40. The molecule has 0 saturated carbocycles. The predicted molar refractivity (Wildman–Crippen MR) is 85.5 cm³/mol. The van der Waals surface area contributed by atoms with Gasteiger partial charge in [0, 0.05) is 0 Å². The summed E-state index contributed by atoms with van der Waals surface area (Å²) >= 11 is 3.50. The Balaban J connectivity index is 2.22. The molecule has 2 rings (SSSR count). The van der Waals surface area contributed by atoms with Crippen molar-refractivity contribution in [3.05, 3.63) is 63.1 Å². The van der Waals surface area contributed by atoms with Crippen molar-refractivity contribution >= 4 is 28.1 Å². The average molecular weight is 317 g/mol. The Labute approximate surface area is 123 Å². The molecule has 1 nitrogen and oxygen atoms in total. The van der Waals surface area contributed by atoms with Gasteiger partial charge >= 0.3 is 0 Å². The zero-order valence-electron chi connectivity index (χ0n) is 11.4. The van der Waals surface area contributed by atoms with Gasteiger partial charge in [0.1, 0.15) is 5.75 Å². The van der Waals surface area contributed by atoms with Gasteiger partial charge in [0.2, 0.25) is 0 Å². The minimum absolute atomic E-state index is 0.850. The van der Waals surface area contributed by atoms with Crippen molar-refractivity contribution < 1.29 is 4.74 Å². The van der Waals surface area contributed by atoms with Crippen LogP contribution in [0.4, 0.5) is 0 Å². The molecule has 0 spiro atoms. The summed E-state index contributed by atoms with van der Waals surface area (Å²) < 4.78 is 6.19. The molecule has 0 unspecified atom stereocenters. The maximum Gasteiger partial charge on any atom is 0.133 e. The Morgan fingerprint density at radius 1 is 0.895 bits per heavy atom. The first-order chi connectivity index (χ1) is 9.10. The van der Waals surface area contributed by atoms with Gasteiger partial charge in [-0.05, 0) is 64.2 Å². The predicted octanol–water partition coefficient (Wildman–Crippen LogP) is 5.24. The van der Waals surface area contributed by atoms with Gasteiger partial charge in [-0.15, -0.1) is 0 Å². The van der Waals surface area contributed by atoms with Crippen LogP contribution in [0.3, 0.4) is 0 Å². The molecular formula is C17H17BrO. The first-order valence-electron chi connectivity index (χ1n) is 6.19. The molecule has 0 aliphatic carbocycles. The van der Waals surface area contributed by atoms with Gasteiger partial charge < -0.3 is 4.74 Å². The maximum absolute atomic E-state index is 5.22. The Morgan fingerprint density at radius 2 is 1.53 bits per heavy atom. The van der Waals surface area contributed by atoms with Crippen LogP contribution in [0.15, 0.2) is 40.9 Å². The van der Waals surface area contributed by atoms with Crippen LogP contribution in [-0.2, 0) is 0 Å². The Hall–Kier alpha value is -1.54. The van der Waals surface area contributed by atoms with Crippen LogP contribution in [-0.4, -0.2) is 7.11 Å². The molecule has 0 aliphatic heterocycles. The van der Waals surface area contributed by atoms with Crippen molar-refractivity contribution in [1.29, 1.82) is 0 Å². The van der Waals surface area contributed by atoms with Crippen LogP contribution < -0.4 is 4.74 Å². The highest BCUT2D eigenvalue weighted by atomic mass is 79.9. The third kappa shape index (κ3) is 3.48. The number of aryl methyl sites for hydroxylation is 2. The lowest BCUT2D eigenvalue weighted by Crippen LogP contribution is -1.84. The molecule has 0 atom stereocenters. The fourth-order valence-corrected chi connectivity index (χ4v) is 2.41. The monoisotopic (exact) mass is 316 g/mol. The topological polar surface area (TPSA) is 9.23 Å². The highest BCUT2D eigenvalue weighted by Gasteiger charge is 1.99. The van der Waals surface area contributed by atoms with E-state index in [4.69, 9.17) is 4.74 Å². The van der Waals surface area contributed by atoms with Crippen LogP contribution in [0.1, 0.15) is 22.3 Å². The largest absolute Gasteiger partial charge is 0.496 e. The van der Waals surface area contributed by atoms with Gasteiger partial charge in [0.15, 0.2) is 0 Å². The fourth-order valence-electron chi connectivity index (χ4n) is 1.85. The standard InChI is InChI=1S/C17H17BrO/c1-12-4-5-14(10-13(12)2)6-7-15-8-9-17(19-3)16(18)11-15/h4-11H,1-3H3/b7-6-. The number of benzene rings is 2. The van der Waals surface area contributed by atoms with Gasteiger partial charge in [-0.25, -0.2) is 0 Å². The smallest absolute Gasteiger partial charge is 0.133 e. The summed E-state index contributed by atoms with van der Waals surface area (Å²) in [4.78, 5) is 0. The molecule has 0 amide bonds. The summed E-state index contributed by atoms with van der Waals surface area (Å²) in [6, 6.07) is 12.5. The lowest BCUT2D eigenvalue weighted by atomic mass is 10.1. The van der Waals surface area contributed by atoms with Gasteiger partial charge in [-0.1, -0.05) is 36.4 Å². The lowest BCUT2D eigenvalue weighted by molar-refractivity contribution is 0.412. The summed E-state index contributed by atoms with van der Waals surface area (Å²) in [5.74, 6) is 0.850. The van der Waals surface area contributed by atoms with Crippen molar-refractivity contribution in [2.24, 2.45) is 0 Å². The van der Waals surface area contributed by atoms with E-state index in [-0.39, 0.29) is 0 Å². The molecule has 0 N–H and O–H groups in total. The summed E-state index contributed by atoms with van der Waals surface area (Å²) in [5, 5.41) is 0. The number of hydrogen-bond donors (Lipinski definition) is 0. The van der Waals surface area contributed by atoms with Crippen molar-refractivity contribution in [3.8, 4) is 5.75 Å². The summed E-state index contributed by atoms with van der Waals surface area (Å²) in [6.07, 6.45) is 4.23. The Kier molecular flexibility index (Phi) is 4.43. The molecule has 0 radical (unpaired) electrons. The number of methoxy groups -OCH3 is 1. The maximum atomic E-state index is 5.22. The van der Waals surface area contributed by atoms with Crippen LogP contribution in [0.5, 0.6) is 5.75 Å². The zero-order chi connectivity index (χ0) is 13.8. The molecule has 0 fully saturated rings. The molecule has 0 saturated heterocycles. The molecule has 2 aromatic carbocycles. The minimum atomic E-state index is 0.850. The second kappa shape index (κ2) is 6.07. The molecule has 2 heteroatoms. The fraction of sp³-hybridized carbons (Fsp3) is 0.176.